The van der Waals surface area contributed by atoms with E-state index in [1.807, 2.05) is 49.4 Å². The highest BCUT2D eigenvalue weighted by Crippen LogP contribution is 2.23. The van der Waals surface area contributed by atoms with Gasteiger partial charge in [0.05, 0.1) is 41.4 Å². The van der Waals surface area contributed by atoms with Gasteiger partial charge in [-0.2, -0.15) is 0 Å². The van der Waals surface area contributed by atoms with Gasteiger partial charge in [0.1, 0.15) is 17.3 Å². The van der Waals surface area contributed by atoms with Gasteiger partial charge in [0, 0.05) is 6.54 Å². The number of aryl methyl sites for hydroxylation is 1. The van der Waals surface area contributed by atoms with Gasteiger partial charge in [-0.25, -0.2) is 4.98 Å². The van der Waals surface area contributed by atoms with Crippen LogP contribution in [0.4, 0.5) is 0 Å². The number of rotatable bonds is 10. The lowest BCUT2D eigenvalue weighted by Gasteiger charge is -2.17. The molecule has 1 amide bonds. The lowest BCUT2D eigenvalue weighted by Crippen LogP contribution is -2.29. The number of ether oxygens (including phenoxy) is 2. The molecule has 6 nitrogen and oxygen atoms in total. The van der Waals surface area contributed by atoms with Gasteiger partial charge in [-0.3, -0.25) is 4.79 Å². The van der Waals surface area contributed by atoms with Crippen molar-refractivity contribution in [3.63, 3.8) is 0 Å². The second-order valence-electron chi connectivity index (χ2n) is 8.02. The summed E-state index contributed by atoms with van der Waals surface area (Å²) in [5.74, 6) is 2.23. The van der Waals surface area contributed by atoms with E-state index in [-0.39, 0.29) is 11.9 Å². The van der Waals surface area contributed by atoms with E-state index in [4.69, 9.17) is 26.1 Å². The fourth-order valence-electron chi connectivity index (χ4n) is 3.88. The Morgan fingerprint density at radius 2 is 1.71 bits per heavy atom. The summed E-state index contributed by atoms with van der Waals surface area (Å²) in [7, 11) is 1.65. The minimum Gasteiger partial charge on any atom is -0.497 e. The molecule has 3 aromatic carbocycles. The smallest absolute Gasteiger partial charge is 0.253 e. The lowest BCUT2D eigenvalue weighted by molar-refractivity contribution is 0.0938. The number of methoxy groups -OCH3 is 1. The number of benzene rings is 3. The lowest BCUT2D eigenvalue weighted by atomic mass is 10.2. The minimum atomic E-state index is -0.285. The number of nitrogens with zero attached hydrogens (tertiary/aromatic N) is 2. The molecule has 0 radical (unpaired) electrons. The largest absolute Gasteiger partial charge is 0.497 e. The standard InChI is InChI=1S/C27H28ClN3O3/c1-19(29-27(32)22-9-3-4-10-23(22)28)26-30-24-11-5-6-12-25(24)31(26)17-7-8-18-34-21-15-13-20(33-2)14-16-21/h3-6,9-16,19H,7-8,17-18H2,1-2H3,(H,29,32). The molecule has 176 valence electrons. The molecule has 1 atom stereocenters. The minimum absolute atomic E-state index is 0.218. The van der Waals surface area contributed by atoms with E-state index in [1.165, 1.54) is 0 Å². The second-order valence-corrected chi connectivity index (χ2v) is 8.42. The van der Waals surface area contributed by atoms with Crippen LogP contribution in [0, 0.1) is 0 Å². The summed E-state index contributed by atoms with van der Waals surface area (Å²) in [6.07, 6.45) is 1.80. The number of para-hydroxylation sites is 2. The van der Waals surface area contributed by atoms with Crippen molar-refractivity contribution < 1.29 is 14.3 Å². The Labute approximate surface area is 204 Å². The van der Waals surface area contributed by atoms with Crippen molar-refractivity contribution >= 4 is 28.5 Å². The average molecular weight is 478 g/mol. The van der Waals surface area contributed by atoms with Crippen LogP contribution in [0.25, 0.3) is 11.0 Å². The molecule has 0 spiro atoms. The Morgan fingerprint density at radius 3 is 2.47 bits per heavy atom. The molecule has 0 aliphatic heterocycles. The van der Waals surface area contributed by atoms with Crippen molar-refractivity contribution in [1.82, 2.24) is 14.9 Å². The second kappa shape index (κ2) is 11.1. The van der Waals surface area contributed by atoms with Crippen molar-refractivity contribution in [1.29, 1.82) is 0 Å². The first-order valence-electron chi connectivity index (χ1n) is 11.3. The summed E-state index contributed by atoms with van der Waals surface area (Å²) >= 11 is 6.20. The number of halogens is 1. The van der Waals surface area contributed by atoms with E-state index in [1.54, 1.807) is 31.4 Å². The first-order valence-corrected chi connectivity index (χ1v) is 11.7. The number of unbranched alkanes of at least 4 members (excludes halogenated alkanes) is 1. The molecule has 7 heteroatoms. The Kier molecular flexibility index (Phi) is 7.70. The van der Waals surface area contributed by atoms with Crippen molar-refractivity contribution in [2.24, 2.45) is 0 Å². The van der Waals surface area contributed by atoms with Crippen LogP contribution in [0.5, 0.6) is 11.5 Å². The van der Waals surface area contributed by atoms with E-state index >= 15 is 0 Å². The van der Waals surface area contributed by atoms with Gasteiger partial charge in [0.25, 0.3) is 5.91 Å². The monoisotopic (exact) mass is 477 g/mol. The number of carbonyl (C=O) groups is 1. The summed E-state index contributed by atoms with van der Waals surface area (Å²) in [5.41, 5.74) is 2.41. The van der Waals surface area contributed by atoms with Crippen LogP contribution >= 0.6 is 11.6 Å². The summed E-state index contributed by atoms with van der Waals surface area (Å²) in [6, 6.07) is 22.4. The fourth-order valence-corrected chi connectivity index (χ4v) is 4.10. The molecule has 0 bridgehead atoms. The predicted octanol–water partition coefficient (Wildman–Crippen LogP) is 6.05. The van der Waals surface area contributed by atoms with E-state index in [9.17, 15) is 4.79 Å². The number of carbonyl (C=O) groups excluding carboxylic acids is 1. The molecule has 0 aliphatic rings. The van der Waals surface area contributed by atoms with Crippen molar-refractivity contribution in [3.8, 4) is 11.5 Å². The Bertz CT molecular complexity index is 1250. The highest BCUT2D eigenvalue weighted by atomic mass is 35.5. The van der Waals surface area contributed by atoms with Gasteiger partial charge in [0.15, 0.2) is 0 Å². The number of nitrogens with one attached hydrogen (secondary N) is 1. The third-order valence-corrected chi connectivity index (χ3v) is 5.97. The van der Waals surface area contributed by atoms with Gasteiger partial charge in [-0.15, -0.1) is 0 Å². The van der Waals surface area contributed by atoms with Crippen LogP contribution in [0.15, 0.2) is 72.8 Å². The van der Waals surface area contributed by atoms with E-state index < -0.39 is 0 Å². The van der Waals surface area contributed by atoms with Gasteiger partial charge >= 0.3 is 0 Å². The molecule has 0 saturated carbocycles. The third-order valence-electron chi connectivity index (χ3n) is 5.64. The summed E-state index contributed by atoms with van der Waals surface area (Å²) in [6.45, 7) is 3.33. The third kappa shape index (κ3) is 5.51. The quantitative estimate of drug-likeness (QED) is 0.282. The van der Waals surface area contributed by atoms with Gasteiger partial charge in [-0.1, -0.05) is 35.9 Å². The highest BCUT2D eigenvalue weighted by molar-refractivity contribution is 6.33. The normalized spacial score (nSPS) is 11.9. The van der Waals surface area contributed by atoms with E-state index in [2.05, 4.69) is 16.0 Å². The molecule has 34 heavy (non-hydrogen) atoms. The van der Waals surface area contributed by atoms with Crippen LogP contribution in [0.1, 0.15) is 42.0 Å². The van der Waals surface area contributed by atoms with E-state index in [0.29, 0.717) is 17.2 Å². The number of aromatic nitrogens is 2. The Morgan fingerprint density at radius 1 is 1.00 bits per heavy atom. The van der Waals surface area contributed by atoms with Crippen LogP contribution in [0.3, 0.4) is 0 Å². The van der Waals surface area contributed by atoms with Crippen LogP contribution in [-0.4, -0.2) is 29.2 Å². The molecule has 1 aromatic heterocycles. The molecular formula is C27H28ClN3O3. The molecular weight excluding hydrogens is 450 g/mol. The maximum absolute atomic E-state index is 12.8. The zero-order valence-electron chi connectivity index (χ0n) is 19.3. The number of imidazole rings is 1. The van der Waals surface area contributed by atoms with Gasteiger partial charge < -0.3 is 19.4 Å². The molecule has 1 heterocycles. The van der Waals surface area contributed by atoms with E-state index in [0.717, 1.165) is 47.7 Å². The van der Waals surface area contributed by atoms with Gasteiger partial charge in [-0.05, 0) is 68.3 Å². The topological polar surface area (TPSA) is 65.4 Å². The van der Waals surface area contributed by atoms with Gasteiger partial charge in [0.2, 0.25) is 0 Å². The first kappa shape index (κ1) is 23.6. The summed E-state index contributed by atoms with van der Waals surface area (Å²) in [4.78, 5) is 17.6. The maximum atomic E-state index is 12.8. The Hall–Kier alpha value is -3.51. The Balaban J connectivity index is 1.41. The maximum Gasteiger partial charge on any atom is 0.253 e. The fraction of sp³-hybridized carbons (Fsp3) is 0.259. The molecule has 0 fully saturated rings. The van der Waals surface area contributed by atoms with Crippen molar-refractivity contribution in [2.45, 2.75) is 32.4 Å². The number of amides is 1. The molecule has 1 N–H and O–H groups in total. The number of fused-ring (bicyclic) bond motifs is 1. The molecule has 1 unspecified atom stereocenters. The average Bonchev–Trinajstić information content (AvgIpc) is 3.23. The summed E-state index contributed by atoms with van der Waals surface area (Å²) in [5, 5.41) is 3.47. The van der Waals surface area contributed by atoms with Crippen LogP contribution < -0.4 is 14.8 Å². The number of hydrogen-bond acceptors (Lipinski definition) is 4. The number of hydrogen-bond donors (Lipinski definition) is 1. The zero-order valence-corrected chi connectivity index (χ0v) is 20.1. The summed E-state index contributed by atoms with van der Waals surface area (Å²) < 4.78 is 13.2. The molecule has 0 saturated heterocycles. The molecule has 4 aromatic rings. The predicted molar refractivity (Wildman–Crippen MR) is 135 cm³/mol. The highest BCUT2D eigenvalue weighted by Gasteiger charge is 2.20. The zero-order chi connectivity index (χ0) is 23.9. The van der Waals surface area contributed by atoms with Crippen LogP contribution in [0.2, 0.25) is 5.02 Å². The van der Waals surface area contributed by atoms with Crippen molar-refractivity contribution in [3.05, 3.63) is 89.2 Å². The molecule has 4 rings (SSSR count). The van der Waals surface area contributed by atoms with Crippen molar-refractivity contribution in [2.75, 3.05) is 13.7 Å². The first-order chi connectivity index (χ1) is 16.6. The molecule has 0 aliphatic carbocycles. The van der Waals surface area contributed by atoms with Crippen LogP contribution in [-0.2, 0) is 6.54 Å². The SMILES string of the molecule is COc1ccc(OCCCCn2c(C(C)NC(=O)c3ccccc3Cl)nc3ccccc32)cc1.